The van der Waals surface area contributed by atoms with Gasteiger partial charge >= 0.3 is 7.60 Å². The molecule has 0 saturated carbocycles. The maximum Gasteiger partial charge on any atom is 0.331 e. The molecule has 0 rings (SSSR count). The maximum atomic E-state index is 10.9. The molecule has 0 aromatic carbocycles. The third kappa shape index (κ3) is 4.65. The summed E-state index contributed by atoms with van der Waals surface area (Å²) in [6, 6.07) is 0. The van der Waals surface area contributed by atoms with Gasteiger partial charge in [0.15, 0.2) is 0 Å². The van der Waals surface area contributed by atoms with Crippen LogP contribution in [0.4, 0.5) is 0 Å². The predicted octanol–water partition coefficient (Wildman–Crippen LogP) is 1.83. The van der Waals surface area contributed by atoms with E-state index in [-0.39, 0.29) is 0 Å². The molecule has 0 bridgehead atoms. The maximum absolute atomic E-state index is 10.9. The zero-order valence-electron chi connectivity index (χ0n) is 7.73. The Bertz CT molecular complexity index is 254. The second-order valence-corrected chi connectivity index (χ2v) is 5.91. The van der Waals surface area contributed by atoms with Crippen LogP contribution in [-0.4, -0.2) is 26.6 Å². The van der Waals surface area contributed by atoms with Gasteiger partial charge in [0.25, 0.3) is 0 Å². The highest BCUT2D eigenvalue weighted by molar-refractivity contribution is 7.78. The normalized spacial score (nSPS) is 12.3. The Balaban J connectivity index is 4.04. The lowest BCUT2D eigenvalue weighted by Crippen LogP contribution is -2.20. The average molecular weight is 223 g/mol. The van der Waals surface area contributed by atoms with Crippen LogP contribution in [-0.2, 0) is 4.57 Å². The third-order valence-corrected chi connectivity index (χ3v) is 3.84. The van der Waals surface area contributed by atoms with Crippen molar-refractivity contribution in [3.63, 3.8) is 0 Å². The number of aliphatic imine (C=N–C) groups is 1. The molecular formula is C7H14NO3PS. The van der Waals surface area contributed by atoms with E-state index in [1.54, 1.807) is 13.8 Å². The zero-order valence-corrected chi connectivity index (χ0v) is 9.44. The van der Waals surface area contributed by atoms with Crippen LogP contribution in [0.3, 0.4) is 0 Å². The molecule has 0 aliphatic heterocycles. The summed E-state index contributed by atoms with van der Waals surface area (Å²) in [5.41, 5.74) is 0. The van der Waals surface area contributed by atoms with Crippen molar-refractivity contribution in [2.45, 2.75) is 31.8 Å². The van der Waals surface area contributed by atoms with E-state index >= 15 is 0 Å². The van der Waals surface area contributed by atoms with Crippen LogP contribution < -0.4 is 0 Å². The van der Waals surface area contributed by atoms with Crippen molar-refractivity contribution < 1.29 is 14.4 Å². The molecule has 2 N–H and O–H groups in total. The highest BCUT2D eigenvalue weighted by Crippen LogP contribution is 2.52. The Kier molecular flexibility index (Phi) is 4.97. The largest absolute Gasteiger partial charge is 0.331 e. The Hall–Kier alpha value is -0.0500. The van der Waals surface area contributed by atoms with Crippen LogP contribution in [0.5, 0.6) is 0 Å². The van der Waals surface area contributed by atoms with Crippen molar-refractivity contribution in [3.8, 4) is 0 Å². The minimum atomic E-state index is -4.01. The minimum absolute atomic E-state index is 0.428. The summed E-state index contributed by atoms with van der Waals surface area (Å²) in [7, 11) is -4.01. The van der Waals surface area contributed by atoms with E-state index in [1.165, 1.54) is 0 Å². The van der Waals surface area contributed by atoms with Gasteiger partial charge in [0.2, 0.25) is 0 Å². The second kappa shape index (κ2) is 4.99. The van der Waals surface area contributed by atoms with E-state index in [4.69, 9.17) is 9.79 Å². The Labute approximate surface area is 83.2 Å². The monoisotopic (exact) mass is 223 g/mol. The molecule has 0 atom stereocenters. The van der Waals surface area contributed by atoms with Crippen LogP contribution in [0, 0.1) is 0 Å². The highest BCUT2D eigenvalue weighted by Gasteiger charge is 2.36. The summed E-state index contributed by atoms with van der Waals surface area (Å²) in [6.45, 7) is 3.58. The van der Waals surface area contributed by atoms with Crippen LogP contribution in [0.2, 0.25) is 0 Å². The van der Waals surface area contributed by atoms with Crippen LogP contribution in [0.1, 0.15) is 26.7 Å². The summed E-state index contributed by atoms with van der Waals surface area (Å²) in [5.74, 6) is 0. The lowest BCUT2D eigenvalue weighted by atomic mass is 10.1. The first-order valence-electron chi connectivity index (χ1n) is 3.90. The quantitative estimate of drug-likeness (QED) is 0.323. The molecule has 0 aliphatic rings. The molecule has 0 aliphatic carbocycles. The Morgan fingerprint density at radius 1 is 1.54 bits per heavy atom. The van der Waals surface area contributed by atoms with Crippen LogP contribution in [0.15, 0.2) is 4.99 Å². The molecule has 0 saturated heterocycles. The number of nitrogens with zero attached hydrogens (tertiary/aromatic N) is 1. The van der Waals surface area contributed by atoms with E-state index in [1.807, 2.05) is 0 Å². The fourth-order valence-electron chi connectivity index (χ4n) is 0.782. The fraction of sp³-hybridized carbons (Fsp3) is 0.857. The molecule has 0 heterocycles. The predicted molar refractivity (Wildman–Crippen MR) is 55.3 cm³/mol. The molecule has 4 nitrogen and oxygen atoms in total. The average Bonchev–Trinajstić information content (AvgIpc) is 1.96. The third-order valence-electron chi connectivity index (χ3n) is 1.91. The number of rotatable bonds is 5. The van der Waals surface area contributed by atoms with Gasteiger partial charge in [0, 0.05) is 6.54 Å². The molecule has 0 aromatic rings. The Morgan fingerprint density at radius 3 is 2.46 bits per heavy atom. The van der Waals surface area contributed by atoms with E-state index < -0.39 is 12.8 Å². The topological polar surface area (TPSA) is 69.9 Å². The van der Waals surface area contributed by atoms with Gasteiger partial charge in [-0.05, 0) is 38.9 Å². The molecule has 0 fully saturated rings. The van der Waals surface area contributed by atoms with E-state index in [9.17, 15) is 4.57 Å². The molecule has 76 valence electrons. The molecule has 13 heavy (non-hydrogen) atoms. The Morgan fingerprint density at radius 2 is 2.08 bits per heavy atom. The van der Waals surface area contributed by atoms with E-state index in [0.717, 1.165) is 0 Å². The smallest absolute Gasteiger partial charge is 0.324 e. The lowest BCUT2D eigenvalue weighted by Gasteiger charge is -2.25. The van der Waals surface area contributed by atoms with Gasteiger partial charge in [0.1, 0.15) is 0 Å². The first-order chi connectivity index (χ1) is 5.81. The molecule has 0 radical (unpaired) electrons. The number of hydrogen-bond acceptors (Lipinski definition) is 3. The van der Waals surface area contributed by atoms with Gasteiger partial charge in [-0.15, -0.1) is 0 Å². The van der Waals surface area contributed by atoms with Gasteiger partial charge in [-0.25, -0.2) is 4.99 Å². The van der Waals surface area contributed by atoms with Crippen molar-refractivity contribution in [3.05, 3.63) is 0 Å². The highest BCUT2D eigenvalue weighted by atomic mass is 32.1. The van der Waals surface area contributed by atoms with Gasteiger partial charge in [-0.2, -0.15) is 0 Å². The number of thiocarbonyl (C=S) groups is 1. The van der Waals surface area contributed by atoms with Crippen molar-refractivity contribution in [1.82, 2.24) is 0 Å². The summed E-state index contributed by atoms with van der Waals surface area (Å²) in [4.78, 5) is 21.6. The molecule has 0 aromatic heterocycles. The van der Waals surface area contributed by atoms with Gasteiger partial charge in [-0.1, -0.05) is 0 Å². The zero-order chi connectivity index (χ0) is 10.5. The van der Waals surface area contributed by atoms with Crippen LogP contribution >= 0.6 is 19.8 Å². The summed E-state index contributed by atoms with van der Waals surface area (Å²) >= 11 is 4.36. The molecule has 0 spiro atoms. The summed E-state index contributed by atoms with van der Waals surface area (Å²) < 4.78 is 10.9. The summed E-state index contributed by atoms with van der Waals surface area (Å²) in [6.07, 6.45) is 1.04. The van der Waals surface area contributed by atoms with Gasteiger partial charge < -0.3 is 9.79 Å². The molecule has 6 heteroatoms. The summed E-state index contributed by atoms with van der Waals surface area (Å²) in [5, 5.41) is 1.24. The van der Waals surface area contributed by atoms with Crippen molar-refractivity contribution in [2.24, 2.45) is 4.99 Å². The molecule has 0 unspecified atom stereocenters. The van der Waals surface area contributed by atoms with Crippen molar-refractivity contribution in [1.29, 1.82) is 0 Å². The fourth-order valence-corrected chi connectivity index (χ4v) is 1.32. The molecule has 0 amide bonds. The molecular weight excluding hydrogens is 209 g/mol. The van der Waals surface area contributed by atoms with E-state index in [2.05, 4.69) is 22.4 Å². The first-order valence-corrected chi connectivity index (χ1v) is 5.92. The van der Waals surface area contributed by atoms with Gasteiger partial charge in [-0.3, -0.25) is 4.57 Å². The number of isothiocyanates is 1. The second-order valence-electron chi connectivity index (χ2n) is 3.43. The van der Waals surface area contributed by atoms with Crippen LogP contribution in [0.25, 0.3) is 0 Å². The van der Waals surface area contributed by atoms with Crippen molar-refractivity contribution >= 4 is 25.0 Å². The van der Waals surface area contributed by atoms with Gasteiger partial charge in [0.05, 0.1) is 10.3 Å². The minimum Gasteiger partial charge on any atom is -0.324 e. The standard InChI is InChI=1S/C7H14NO3PS/c1-7(2,12(9,10)11)4-3-5-8-6-13/h3-5H2,1-2H3,(H2,9,10,11). The number of hydrogen-bond donors (Lipinski definition) is 2. The first kappa shape index (κ1) is 12.9. The van der Waals surface area contributed by atoms with Crippen molar-refractivity contribution in [2.75, 3.05) is 6.54 Å². The SMILES string of the molecule is CC(C)(CCCN=C=S)P(=O)(O)O. The van der Waals surface area contributed by atoms with E-state index in [0.29, 0.717) is 19.4 Å². The lowest BCUT2D eigenvalue weighted by molar-refractivity contribution is 0.329.